The lowest BCUT2D eigenvalue weighted by atomic mass is 9.79. The van der Waals surface area contributed by atoms with Crippen LogP contribution in [-0.2, 0) is 5.21 Å². The maximum atomic E-state index is 13.1. The quantitative estimate of drug-likeness (QED) is 0.250. The molecule has 0 N–H and O–H groups in total. The van der Waals surface area contributed by atoms with Crippen molar-refractivity contribution in [3.05, 3.63) is 43.7 Å². The van der Waals surface area contributed by atoms with Crippen LogP contribution in [0.4, 0.5) is 0 Å². The topological polar surface area (TPSA) is 23.1 Å². The Kier molecular flexibility index (Phi) is 7.14. The predicted molar refractivity (Wildman–Crippen MR) is 172 cm³/mol. The molecule has 7 rings (SSSR count). The van der Waals surface area contributed by atoms with Crippen LogP contribution in [0, 0.1) is 11.8 Å². The van der Waals surface area contributed by atoms with Gasteiger partial charge in [-0.1, -0.05) is 94.1 Å². The molecule has 0 spiro atoms. The Morgan fingerprint density at radius 2 is 0.914 bits per heavy atom. The van der Waals surface area contributed by atoms with Crippen LogP contribution in [0.25, 0.3) is 0 Å². The van der Waals surface area contributed by atoms with Gasteiger partial charge in [0.05, 0.1) is 33.9 Å². The zero-order valence-electron chi connectivity index (χ0n) is 19.6. The molecule has 35 heavy (non-hydrogen) atoms. The molecule has 6 heterocycles. The Balaban J connectivity index is 1.03. The van der Waals surface area contributed by atoms with Crippen molar-refractivity contribution < 1.29 is 5.21 Å². The van der Waals surface area contributed by atoms with Gasteiger partial charge in [0.1, 0.15) is 0 Å². The second kappa shape index (κ2) is 9.60. The van der Waals surface area contributed by atoms with Crippen molar-refractivity contribution in [1.82, 2.24) is 5.06 Å². The van der Waals surface area contributed by atoms with Crippen molar-refractivity contribution in [2.24, 2.45) is 11.8 Å². The zero-order chi connectivity index (χ0) is 24.1. The molecule has 1 radical (unpaired) electrons. The molecular weight excluding hydrogens is 627 g/mol. The van der Waals surface area contributed by atoms with Crippen molar-refractivity contribution in [2.45, 2.75) is 58.0 Å². The molecule has 0 aromatic carbocycles. The number of hydrogen-bond acceptors (Lipinski definition) is 11. The third kappa shape index (κ3) is 4.37. The van der Waals surface area contributed by atoms with Crippen LogP contribution in [0.15, 0.2) is 43.7 Å². The molecule has 0 aromatic heterocycles. The summed E-state index contributed by atoms with van der Waals surface area (Å²) in [6.07, 6.45) is 3.93. The van der Waals surface area contributed by atoms with Crippen molar-refractivity contribution in [3.8, 4) is 0 Å². The van der Waals surface area contributed by atoms with Gasteiger partial charge >= 0.3 is 0 Å². The van der Waals surface area contributed by atoms with Crippen LogP contribution >= 0.6 is 118 Å². The highest BCUT2D eigenvalue weighted by Crippen LogP contribution is 2.73. The number of fused-ring (bicyclic) bond motifs is 1. The molecule has 12 heteroatoms. The minimum Gasteiger partial charge on any atom is -0.143 e. The fourth-order valence-electron chi connectivity index (χ4n) is 5.52. The molecule has 7 aliphatic rings. The van der Waals surface area contributed by atoms with Crippen molar-refractivity contribution in [3.63, 3.8) is 0 Å². The van der Waals surface area contributed by atoms with Gasteiger partial charge in [-0.3, -0.25) is 0 Å². The van der Waals surface area contributed by atoms with Gasteiger partial charge < -0.3 is 0 Å². The Labute approximate surface area is 250 Å². The molecule has 2 nitrogen and oxygen atoms in total. The van der Waals surface area contributed by atoms with Gasteiger partial charge in [-0.25, -0.2) is 0 Å². The largest absolute Gasteiger partial charge is 0.143 e. The molecule has 2 unspecified atom stereocenters. The first kappa shape index (κ1) is 26.0. The molecule has 0 bridgehead atoms. The Morgan fingerprint density at radius 3 is 1.31 bits per heavy atom. The smallest absolute Gasteiger partial charge is 0.0718 e. The lowest BCUT2D eigenvalue weighted by Crippen LogP contribution is -2.47. The van der Waals surface area contributed by atoms with E-state index in [1.54, 1.807) is 9.81 Å². The van der Waals surface area contributed by atoms with E-state index >= 15 is 0 Å². The lowest BCUT2D eigenvalue weighted by Gasteiger charge is -2.33. The van der Waals surface area contributed by atoms with E-state index in [9.17, 15) is 5.21 Å². The van der Waals surface area contributed by atoms with Crippen LogP contribution < -0.4 is 0 Å². The number of hydrogen-bond donors (Lipinski definition) is 0. The molecule has 0 amide bonds. The molecule has 2 atom stereocenters. The van der Waals surface area contributed by atoms with Gasteiger partial charge in [0, 0.05) is 32.4 Å². The lowest BCUT2D eigenvalue weighted by molar-refractivity contribution is -0.250. The van der Waals surface area contributed by atoms with E-state index in [1.807, 2.05) is 118 Å². The number of allylic oxidation sites excluding steroid dienone is 2. The molecule has 1 fully saturated rings. The van der Waals surface area contributed by atoms with Crippen LogP contribution in [0.2, 0.25) is 0 Å². The number of hydroxylamine groups is 2. The summed E-state index contributed by atoms with van der Waals surface area (Å²) >= 11 is 20.1. The predicted octanol–water partition coefficient (Wildman–Crippen LogP) is 10.7. The normalized spacial score (nSPS) is 34.2. The zero-order valence-corrected chi connectivity index (χ0v) is 27.8. The van der Waals surface area contributed by atoms with Gasteiger partial charge in [-0.15, -0.1) is 33.8 Å². The fraction of sp³-hybridized carbons (Fsp3) is 0.565. The highest BCUT2D eigenvalue weighted by molar-refractivity contribution is 8.50. The first-order valence-corrected chi connectivity index (χ1v) is 20.1. The average molecular weight is 651 g/mol. The van der Waals surface area contributed by atoms with Gasteiger partial charge in [0.2, 0.25) is 0 Å². The highest BCUT2D eigenvalue weighted by atomic mass is 32.3. The first-order valence-electron chi connectivity index (χ1n) is 11.6. The van der Waals surface area contributed by atoms with Crippen LogP contribution in [-0.4, -0.2) is 27.6 Å². The second-order valence-corrected chi connectivity index (χ2v) is 22.7. The molecule has 1 saturated heterocycles. The molecule has 6 aliphatic heterocycles. The van der Waals surface area contributed by atoms with E-state index in [0.29, 0.717) is 11.8 Å². The fourth-order valence-corrected chi connectivity index (χ4v) is 22.1. The van der Waals surface area contributed by atoms with Crippen molar-refractivity contribution >= 4 is 118 Å². The first-order chi connectivity index (χ1) is 16.7. The number of thioether (sulfide) groups is 10. The summed E-state index contributed by atoms with van der Waals surface area (Å²) in [5.74, 6) is 2.93. The Bertz CT molecular complexity index is 1100. The van der Waals surface area contributed by atoms with Gasteiger partial charge in [-0.05, 0) is 58.8 Å². The Hall–Kier alpha value is 2.12. The average Bonchev–Trinajstić information content (AvgIpc) is 3.57. The molecule has 0 aromatic rings. The van der Waals surface area contributed by atoms with Crippen LogP contribution in [0.5, 0.6) is 0 Å². The minimum absolute atomic E-state index is 0.300. The highest BCUT2D eigenvalue weighted by Gasteiger charge is 2.59. The molecule has 0 saturated carbocycles. The maximum absolute atomic E-state index is 13.1. The monoisotopic (exact) mass is 650 g/mol. The summed E-state index contributed by atoms with van der Waals surface area (Å²) in [4.78, 5) is 3.29. The standard InChI is InChI=1S/C23H24NOS10/c1-22(2)10-8-26-14-15(27-9-11(10)23(3,4)24(22)25)31-18(30-14)19-34-20-21(35-19)33-17(32-20)16-28-12-6-5-7-13(12)29-16/h10-11H,5-9H2,1-4H3. The van der Waals surface area contributed by atoms with Gasteiger partial charge in [0.25, 0.3) is 0 Å². The van der Waals surface area contributed by atoms with E-state index < -0.39 is 0 Å². The number of nitrogens with zero attached hydrogens (tertiary/aromatic N) is 1. The second-order valence-electron chi connectivity index (χ2n) is 10.3. The van der Waals surface area contributed by atoms with E-state index in [2.05, 4.69) is 27.7 Å². The summed E-state index contributed by atoms with van der Waals surface area (Å²) in [5, 5.41) is 14.5. The van der Waals surface area contributed by atoms with E-state index in [-0.39, 0.29) is 11.1 Å². The van der Waals surface area contributed by atoms with E-state index in [4.69, 9.17) is 0 Å². The summed E-state index contributed by atoms with van der Waals surface area (Å²) in [7, 11) is 0. The van der Waals surface area contributed by atoms with Gasteiger partial charge in [-0.2, -0.15) is 0 Å². The summed E-state index contributed by atoms with van der Waals surface area (Å²) in [6.45, 7) is 8.62. The van der Waals surface area contributed by atoms with E-state index in [0.717, 1.165) is 11.5 Å². The minimum atomic E-state index is -0.300. The third-order valence-electron chi connectivity index (χ3n) is 7.46. The third-order valence-corrected chi connectivity index (χ3v) is 22.7. The maximum Gasteiger partial charge on any atom is 0.0718 e. The molecule has 1 aliphatic carbocycles. The SMILES string of the molecule is CC1(C)C2CSC3=C(SCC2C(C)(C)N1[O])SC(=C1SC2=C(SC(=C4SC5=C(CCC5)S4)S2)S1)S3. The van der Waals surface area contributed by atoms with Crippen molar-refractivity contribution in [2.75, 3.05) is 11.5 Å². The summed E-state index contributed by atoms with van der Waals surface area (Å²) < 4.78 is 11.9. The van der Waals surface area contributed by atoms with Crippen molar-refractivity contribution in [1.29, 1.82) is 0 Å². The molecule has 187 valence electrons. The van der Waals surface area contributed by atoms with E-state index in [1.165, 1.54) is 58.2 Å². The summed E-state index contributed by atoms with van der Waals surface area (Å²) in [6, 6.07) is 0. The Morgan fingerprint density at radius 1 is 0.571 bits per heavy atom. The number of rotatable bonds is 0. The van der Waals surface area contributed by atoms with Crippen LogP contribution in [0.3, 0.4) is 0 Å². The molecular formula is C23H24NOS10. The summed E-state index contributed by atoms with van der Waals surface area (Å²) in [5.41, 5.74) is -0.600. The van der Waals surface area contributed by atoms with Crippen LogP contribution in [0.1, 0.15) is 47.0 Å². The van der Waals surface area contributed by atoms with Gasteiger partial charge in [0.15, 0.2) is 0 Å².